The number of benzene rings is 1. The lowest BCUT2D eigenvalue weighted by Crippen LogP contribution is -2.41. The zero-order valence-electron chi connectivity index (χ0n) is 7.96. The topological polar surface area (TPSA) is 0 Å². The predicted octanol–water partition coefficient (Wildman–Crippen LogP) is 3.07. The molecule has 1 aromatic rings. The molecule has 1 nitrogen and oxygen atoms in total. The summed E-state index contributed by atoms with van der Waals surface area (Å²) in [5.74, 6) is 0. The molecule has 0 unspecified atom stereocenters. The molecule has 0 N–H and O–H groups in total. The SMILES string of the molecule is C[N+]1(c2ccc(Cl)cc2)CCCC1. The Kier molecular flexibility index (Phi) is 2.31. The van der Waals surface area contributed by atoms with E-state index in [-0.39, 0.29) is 0 Å². The van der Waals surface area contributed by atoms with E-state index in [9.17, 15) is 0 Å². The number of hydrogen-bond acceptors (Lipinski definition) is 0. The molecule has 1 aromatic carbocycles. The Hall–Kier alpha value is -0.530. The summed E-state index contributed by atoms with van der Waals surface area (Å²) in [7, 11) is 2.30. The van der Waals surface area contributed by atoms with E-state index in [1.54, 1.807) is 0 Å². The molecule has 1 fully saturated rings. The van der Waals surface area contributed by atoms with Crippen LogP contribution in [0.3, 0.4) is 0 Å². The number of likely N-dealkylation sites (tertiary alicyclic amines) is 1. The van der Waals surface area contributed by atoms with Crippen LogP contribution < -0.4 is 4.48 Å². The molecular formula is C11H15ClN+. The molecule has 1 aliphatic heterocycles. The standard InChI is InChI=1S/C11H15ClN/c1-13(8-2-3-9-13)11-6-4-10(12)5-7-11/h4-7H,2-3,8-9H2,1H3/q+1. The maximum Gasteiger partial charge on any atom is 0.132 e. The van der Waals surface area contributed by atoms with Crippen molar-refractivity contribution in [1.82, 2.24) is 4.48 Å². The first-order chi connectivity index (χ1) is 6.21. The van der Waals surface area contributed by atoms with Gasteiger partial charge in [-0.3, -0.25) is 4.48 Å². The van der Waals surface area contributed by atoms with Gasteiger partial charge in [0.1, 0.15) is 5.69 Å². The summed E-state index contributed by atoms with van der Waals surface area (Å²) in [6.45, 7) is 2.53. The van der Waals surface area contributed by atoms with E-state index in [1.807, 2.05) is 12.1 Å². The van der Waals surface area contributed by atoms with Crippen LogP contribution in [0.5, 0.6) is 0 Å². The molecule has 13 heavy (non-hydrogen) atoms. The van der Waals surface area contributed by atoms with Crippen LogP contribution in [0.15, 0.2) is 24.3 Å². The van der Waals surface area contributed by atoms with Gasteiger partial charge in [0.25, 0.3) is 0 Å². The summed E-state index contributed by atoms with van der Waals surface area (Å²) in [5.41, 5.74) is 1.39. The first-order valence-corrected chi connectivity index (χ1v) is 5.19. The quantitative estimate of drug-likeness (QED) is 0.606. The highest BCUT2D eigenvalue weighted by Crippen LogP contribution is 2.27. The molecule has 2 heteroatoms. The number of halogens is 1. The van der Waals surface area contributed by atoms with Gasteiger partial charge in [-0.25, -0.2) is 0 Å². The smallest absolute Gasteiger partial charge is 0.132 e. The Morgan fingerprint density at radius 2 is 1.62 bits per heavy atom. The van der Waals surface area contributed by atoms with Crippen LogP contribution in [-0.2, 0) is 0 Å². The third kappa shape index (κ3) is 1.72. The Bertz CT molecular complexity index is 285. The van der Waals surface area contributed by atoms with Crippen molar-refractivity contribution in [2.24, 2.45) is 0 Å². The average Bonchev–Trinajstić information content (AvgIpc) is 2.54. The molecule has 2 rings (SSSR count). The molecule has 0 aromatic heterocycles. The van der Waals surface area contributed by atoms with Gasteiger partial charge in [0.15, 0.2) is 0 Å². The average molecular weight is 197 g/mol. The molecule has 0 spiro atoms. The maximum atomic E-state index is 5.86. The summed E-state index contributed by atoms with van der Waals surface area (Å²) in [5, 5.41) is 0.828. The lowest BCUT2D eigenvalue weighted by atomic mass is 10.2. The zero-order valence-corrected chi connectivity index (χ0v) is 8.72. The molecule has 1 heterocycles. The normalized spacial score (nSPS) is 20.5. The number of nitrogens with zero attached hydrogens (tertiary/aromatic N) is 1. The fraction of sp³-hybridized carbons (Fsp3) is 0.455. The molecule has 1 saturated heterocycles. The third-order valence-electron chi connectivity index (χ3n) is 3.00. The van der Waals surface area contributed by atoms with Crippen LogP contribution in [0.4, 0.5) is 5.69 Å². The van der Waals surface area contributed by atoms with Crippen molar-refractivity contribution in [2.45, 2.75) is 12.8 Å². The van der Waals surface area contributed by atoms with E-state index in [4.69, 9.17) is 11.6 Å². The van der Waals surface area contributed by atoms with E-state index >= 15 is 0 Å². The lowest BCUT2D eigenvalue weighted by molar-refractivity contribution is 0.406. The van der Waals surface area contributed by atoms with Crippen molar-refractivity contribution < 1.29 is 0 Å². The Labute approximate surface area is 84.5 Å². The molecule has 70 valence electrons. The van der Waals surface area contributed by atoms with Gasteiger partial charge >= 0.3 is 0 Å². The van der Waals surface area contributed by atoms with Gasteiger partial charge in [0.05, 0.1) is 20.1 Å². The second-order valence-electron chi connectivity index (χ2n) is 4.03. The summed E-state index contributed by atoms with van der Waals surface area (Å²) in [6.07, 6.45) is 2.69. The minimum absolute atomic E-state index is 0.828. The van der Waals surface area contributed by atoms with Crippen molar-refractivity contribution >= 4 is 17.3 Å². The van der Waals surface area contributed by atoms with Crippen LogP contribution in [0.25, 0.3) is 0 Å². The van der Waals surface area contributed by atoms with Gasteiger partial charge in [-0.15, -0.1) is 0 Å². The van der Waals surface area contributed by atoms with E-state index in [1.165, 1.54) is 31.6 Å². The molecule has 1 aliphatic rings. The fourth-order valence-electron chi connectivity index (χ4n) is 2.09. The minimum atomic E-state index is 0.828. The van der Waals surface area contributed by atoms with Crippen LogP contribution in [-0.4, -0.2) is 20.1 Å². The van der Waals surface area contributed by atoms with Crippen molar-refractivity contribution in [3.63, 3.8) is 0 Å². The summed E-state index contributed by atoms with van der Waals surface area (Å²) in [4.78, 5) is 0. The van der Waals surface area contributed by atoms with Crippen LogP contribution in [0.2, 0.25) is 5.02 Å². The van der Waals surface area contributed by atoms with Crippen molar-refractivity contribution in [1.29, 1.82) is 0 Å². The highest BCUT2D eigenvalue weighted by atomic mass is 35.5. The number of quaternary nitrogens is 1. The predicted molar refractivity (Wildman–Crippen MR) is 58.1 cm³/mol. The highest BCUT2D eigenvalue weighted by molar-refractivity contribution is 6.30. The maximum absolute atomic E-state index is 5.86. The van der Waals surface area contributed by atoms with Crippen molar-refractivity contribution in [3.05, 3.63) is 29.3 Å². The number of rotatable bonds is 1. The number of hydrogen-bond donors (Lipinski definition) is 0. The van der Waals surface area contributed by atoms with Gasteiger partial charge < -0.3 is 0 Å². The first kappa shape index (κ1) is 9.04. The van der Waals surface area contributed by atoms with Crippen LogP contribution in [0.1, 0.15) is 12.8 Å². The van der Waals surface area contributed by atoms with Crippen molar-refractivity contribution in [3.8, 4) is 0 Å². The zero-order chi connectivity index (χ0) is 9.31. The van der Waals surface area contributed by atoms with Crippen LogP contribution >= 0.6 is 11.6 Å². The Morgan fingerprint density at radius 3 is 2.15 bits per heavy atom. The lowest BCUT2D eigenvalue weighted by Gasteiger charge is -2.28. The molecule has 0 atom stereocenters. The highest BCUT2D eigenvalue weighted by Gasteiger charge is 2.28. The van der Waals surface area contributed by atoms with E-state index < -0.39 is 0 Å². The largest absolute Gasteiger partial charge is 0.294 e. The molecule has 0 radical (unpaired) electrons. The molecule has 0 amide bonds. The third-order valence-corrected chi connectivity index (χ3v) is 3.26. The molecule has 0 aliphatic carbocycles. The summed E-state index contributed by atoms with van der Waals surface area (Å²) in [6, 6.07) is 8.26. The molecule has 0 bridgehead atoms. The van der Waals surface area contributed by atoms with Crippen molar-refractivity contribution in [2.75, 3.05) is 20.1 Å². The first-order valence-electron chi connectivity index (χ1n) is 4.81. The van der Waals surface area contributed by atoms with Gasteiger partial charge in [0.2, 0.25) is 0 Å². The second-order valence-corrected chi connectivity index (χ2v) is 4.46. The molecular weight excluding hydrogens is 182 g/mol. The van der Waals surface area contributed by atoms with Gasteiger partial charge in [-0.1, -0.05) is 11.6 Å². The van der Waals surface area contributed by atoms with Crippen LogP contribution in [0, 0.1) is 0 Å². The van der Waals surface area contributed by atoms with Gasteiger partial charge in [-0.2, -0.15) is 0 Å². The summed E-state index contributed by atoms with van der Waals surface area (Å²) < 4.78 is 1.08. The van der Waals surface area contributed by atoms with E-state index in [2.05, 4.69) is 19.2 Å². The molecule has 0 saturated carbocycles. The fourth-order valence-corrected chi connectivity index (χ4v) is 2.22. The minimum Gasteiger partial charge on any atom is -0.294 e. The second kappa shape index (κ2) is 3.32. The van der Waals surface area contributed by atoms with E-state index in [0.717, 1.165) is 9.51 Å². The Balaban J connectivity index is 2.29. The Morgan fingerprint density at radius 1 is 1.08 bits per heavy atom. The summed E-state index contributed by atoms with van der Waals surface area (Å²) >= 11 is 5.86. The van der Waals surface area contributed by atoms with Gasteiger partial charge in [-0.05, 0) is 12.1 Å². The van der Waals surface area contributed by atoms with E-state index in [0.29, 0.717) is 0 Å². The monoisotopic (exact) mass is 196 g/mol. The van der Waals surface area contributed by atoms with Gasteiger partial charge in [0, 0.05) is 30.0 Å².